The molecule has 0 aliphatic carbocycles. The fourth-order valence-electron chi connectivity index (χ4n) is 2.53. The van der Waals surface area contributed by atoms with Crippen molar-refractivity contribution in [1.29, 1.82) is 0 Å². The number of benzene rings is 2. The molecule has 0 unspecified atom stereocenters. The molecule has 1 heterocycles. The summed E-state index contributed by atoms with van der Waals surface area (Å²) in [4.78, 5) is 28.1. The Bertz CT molecular complexity index is 951. The number of methoxy groups -OCH3 is 1. The Morgan fingerprint density at radius 2 is 1.81 bits per heavy atom. The molecule has 0 saturated heterocycles. The number of hydrogen-bond donors (Lipinski definition) is 2. The molecule has 0 radical (unpaired) electrons. The van der Waals surface area contributed by atoms with Crippen molar-refractivity contribution in [2.75, 3.05) is 12.4 Å². The maximum absolute atomic E-state index is 12.2. The molecule has 0 atom stereocenters. The summed E-state index contributed by atoms with van der Waals surface area (Å²) >= 11 is 1.41. The van der Waals surface area contributed by atoms with Crippen LogP contribution in [0.3, 0.4) is 0 Å². The molecule has 0 bridgehead atoms. The third kappa shape index (κ3) is 5.04. The van der Waals surface area contributed by atoms with Gasteiger partial charge in [-0.15, -0.1) is 0 Å². The zero-order valence-electron chi connectivity index (χ0n) is 15.2. The summed E-state index contributed by atoms with van der Waals surface area (Å²) in [5.74, 6) is 0.679. The minimum absolute atomic E-state index is 0.0470. The fourth-order valence-corrected chi connectivity index (χ4v) is 3.48. The van der Waals surface area contributed by atoms with Crippen molar-refractivity contribution in [3.05, 3.63) is 53.6 Å². The molecule has 140 valence electrons. The number of carbonyl (C=O) groups is 2. The van der Waals surface area contributed by atoms with Crippen LogP contribution in [0.5, 0.6) is 5.75 Å². The van der Waals surface area contributed by atoms with Crippen LogP contribution in [0.4, 0.5) is 5.13 Å². The van der Waals surface area contributed by atoms with E-state index in [4.69, 9.17) is 4.74 Å². The largest absolute Gasteiger partial charge is 0.497 e. The molecule has 3 aromatic rings. The molecule has 27 heavy (non-hydrogen) atoms. The first-order valence-electron chi connectivity index (χ1n) is 8.66. The zero-order valence-corrected chi connectivity index (χ0v) is 16.1. The molecule has 2 amide bonds. The van der Waals surface area contributed by atoms with Crippen molar-refractivity contribution in [3.63, 3.8) is 0 Å². The Balaban J connectivity index is 1.59. The molecule has 2 aromatic carbocycles. The number of fused-ring (bicyclic) bond motifs is 1. The third-order valence-electron chi connectivity index (χ3n) is 4.03. The van der Waals surface area contributed by atoms with Crippen LogP contribution in [0, 0.1) is 0 Å². The molecule has 1 aromatic heterocycles. The van der Waals surface area contributed by atoms with Crippen LogP contribution in [0.2, 0.25) is 0 Å². The summed E-state index contributed by atoms with van der Waals surface area (Å²) < 4.78 is 6.07. The smallest absolute Gasteiger partial charge is 0.225 e. The van der Waals surface area contributed by atoms with Crippen molar-refractivity contribution in [3.8, 4) is 5.75 Å². The molecule has 7 heteroatoms. The molecular weight excluding hydrogens is 362 g/mol. The van der Waals surface area contributed by atoms with Crippen LogP contribution < -0.4 is 15.4 Å². The Morgan fingerprint density at radius 1 is 1.07 bits per heavy atom. The summed E-state index contributed by atoms with van der Waals surface area (Å²) in [6, 6.07) is 13.3. The highest BCUT2D eigenvalue weighted by atomic mass is 32.1. The first-order valence-corrected chi connectivity index (χ1v) is 9.48. The van der Waals surface area contributed by atoms with Gasteiger partial charge >= 0.3 is 0 Å². The van der Waals surface area contributed by atoms with E-state index in [0.717, 1.165) is 27.1 Å². The summed E-state index contributed by atoms with van der Waals surface area (Å²) in [7, 11) is 1.62. The van der Waals surface area contributed by atoms with E-state index in [2.05, 4.69) is 15.6 Å². The first-order chi connectivity index (χ1) is 13.1. The van der Waals surface area contributed by atoms with Crippen LogP contribution >= 0.6 is 11.3 Å². The predicted molar refractivity (Wildman–Crippen MR) is 107 cm³/mol. The van der Waals surface area contributed by atoms with Crippen molar-refractivity contribution in [2.45, 2.75) is 26.3 Å². The molecule has 2 N–H and O–H groups in total. The number of aromatic nitrogens is 1. The summed E-state index contributed by atoms with van der Waals surface area (Å²) in [5, 5.41) is 6.27. The van der Waals surface area contributed by atoms with Gasteiger partial charge in [-0.25, -0.2) is 4.98 Å². The van der Waals surface area contributed by atoms with Gasteiger partial charge < -0.3 is 15.4 Å². The average molecular weight is 383 g/mol. The van der Waals surface area contributed by atoms with E-state index >= 15 is 0 Å². The molecule has 0 saturated carbocycles. The lowest BCUT2D eigenvalue weighted by atomic mass is 10.1. The number of carbonyl (C=O) groups excluding carboxylic acids is 2. The van der Waals surface area contributed by atoms with Crippen LogP contribution in [0.25, 0.3) is 10.2 Å². The number of ether oxygens (including phenoxy) is 1. The summed E-state index contributed by atoms with van der Waals surface area (Å²) in [5.41, 5.74) is 2.74. The van der Waals surface area contributed by atoms with Gasteiger partial charge in [0, 0.05) is 13.0 Å². The third-order valence-corrected chi connectivity index (χ3v) is 4.97. The minimum atomic E-state index is -0.0628. The van der Waals surface area contributed by atoms with Gasteiger partial charge in [0.25, 0.3) is 0 Å². The molecule has 0 aliphatic rings. The Kier molecular flexibility index (Phi) is 6.03. The first kappa shape index (κ1) is 18.8. The second-order valence-electron chi connectivity index (χ2n) is 6.02. The number of nitrogens with zero attached hydrogens (tertiary/aromatic N) is 1. The minimum Gasteiger partial charge on any atom is -0.497 e. The highest BCUT2D eigenvalue weighted by Gasteiger charge is 2.09. The standard InChI is InChI=1S/C20H21N3O3S/c1-3-18(24)23-20-22-16-9-6-14(10-17(16)27-20)11-19(25)21-12-13-4-7-15(26-2)8-5-13/h4-10H,3,11-12H2,1-2H3,(H,21,25)(H,22,23,24). The Labute approximate surface area is 161 Å². The van der Waals surface area contributed by atoms with Crippen LogP contribution in [-0.2, 0) is 22.6 Å². The number of hydrogen-bond acceptors (Lipinski definition) is 5. The van der Waals surface area contributed by atoms with Gasteiger partial charge in [0.1, 0.15) is 5.75 Å². The number of anilines is 1. The lowest BCUT2D eigenvalue weighted by Crippen LogP contribution is -2.24. The second-order valence-corrected chi connectivity index (χ2v) is 7.06. The van der Waals surface area contributed by atoms with E-state index in [0.29, 0.717) is 24.5 Å². The van der Waals surface area contributed by atoms with Crippen molar-refractivity contribution in [2.24, 2.45) is 0 Å². The highest BCUT2D eigenvalue weighted by molar-refractivity contribution is 7.22. The topological polar surface area (TPSA) is 80.3 Å². The van der Waals surface area contributed by atoms with Gasteiger partial charge in [-0.3, -0.25) is 9.59 Å². The van der Waals surface area contributed by atoms with Gasteiger partial charge in [0.15, 0.2) is 5.13 Å². The van der Waals surface area contributed by atoms with Crippen molar-refractivity contribution < 1.29 is 14.3 Å². The SMILES string of the molecule is CCC(=O)Nc1nc2ccc(CC(=O)NCc3ccc(OC)cc3)cc2s1. The van der Waals surface area contributed by atoms with Crippen LogP contribution in [0.15, 0.2) is 42.5 Å². The predicted octanol–water partition coefficient (Wildman–Crippen LogP) is 3.51. The molecular formula is C20H21N3O3S. The summed E-state index contributed by atoms with van der Waals surface area (Å²) in [6.07, 6.45) is 0.705. The molecule has 6 nitrogen and oxygen atoms in total. The van der Waals surface area contributed by atoms with E-state index in [9.17, 15) is 9.59 Å². The lowest BCUT2D eigenvalue weighted by molar-refractivity contribution is -0.120. The van der Waals surface area contributed by atoms with Gasteiger partial charge in [-0.05, 0) is 35.4 Å². The number of rotatable bonds is 7. The Hall–Kier alpha value is -2.93. The Morgan fingerprint density at radius 3 is 2.52 bits per heavy atom. The summed E-state index contributed by atoms with van der Waals surface area (Å²) in [6.45, 7) is 2.27. The molecule has 0 fully saturated rings. The van der Waals surface area contributed by atoms with E-state index in [-0.39, 0.29) is 11.8 Å². The van der Waals surface area contributed by atoms with Crippen molar-refractivity contribution >= 4 is 38.5 Å². The van der Waals surface area contributed by atoms with E-state index in [1.165, 1.54) is 11.3 Å². The number of amides is 2. The zero-order chi connectivity index (χ0) is 19.2. The quantitative estimate of drug-likeness (QED) is 0.654. The maximum atomic E-state index is 12.2. The van der Waals surface area contributed by atoms with E-state index in [1.54, 1.807) is 14.0 Å². The second kappa shape index (κ2) is 8.64. The molecule has 0 aliphatic heterocycles. The van der Waals surface area contributed by atoms with Crippen LogP contribution in [0.1, 0.15) is 24.5 Å². The van der Waals surface area contributed by atoms with Gasteiger partial charge in [0.2, 0.25) is 11.8 Å². The lowest BCUT2D eigenvalue weighted by Gasteiger charge is -2.06. The van der Waals surface area contributed by atoms with Gasteiger partial charge in [-0.2, -0.15) is 0 Å². The van der Waals surface area contributed by atoms with E-state index in [1.807, 2.05) is 42.5 Å². The van der Waals surface area contributed by atoms with Crippen LogP contribution in [-0.4, -0.2) is 23.9 Å². The average Bonchev–Trinajstić information content (AvgIpc) is 3.08. The molecule has 0 spiro atoms. The number of thiazole rings is 1. The van der Waals surface area contributed by atoms with Gasteiger partial charge in [0.05, 0.1) is 23.7 Å². The van der Waals surface area contributed by atoms with E-state index < -0.39 is 0 Å². The number of nitrogens with one attached hydrogen (secondary N) is 2. The van der Waals surface area contributed by atoms with Gasteiger partial charge in [-0.1, -0.05) is 36.5 Å². The normalized spacial score (nSPS) is 10.6. The monoisotopic (exact) mass is 383 g/mol. The highest BCUT2D eigenvalue weighted by Crippen LogP contribution is 2.27. The maximum Gasteiger partial charge on any atom is 0.225 e. The molecule has 3 rings (SSSR count). The fraction of sp³-hybridized carbons (Fsp3) is 0.250. The van der Waals surface area contributed by atoms with Crippen molar-refractivity contribution in [1.82, 2.24) is 10.3 Å².